The molecule has 0 radical (unpaired) electrons. The van der Waals surface area contributed by atoms with Gasteiger partial charge >= 0.3 is 0 Å². The van der Waals surface area contributed by atoms with Gasteiger partial charge in [-0.05, 0) is 37.3 Å². The minimum Gasteiger partial charge on any atom is -0.389 e. The molecular weight excluding hydrogens is 236 g/mol. The van der Waals surface area contributed by atoms with E-state index in [4.69, 9.17) is 0 Å². The maximum atomic E-state index is 9.55. The number of aliphatic hydroxyl groups is 1. The number of aryl methyl sites for hydroxylation is 1. The fourth-order valence-electron chi connectivity index (χ4n) is 2.97. The zero-order valence-electron chi connectivity index (χ0n) is 11.3. The molecule has 19 heavy (non-hydrogen) atoms. The molecule has 1 aliphatic rings. The smallest absolute Gasteiger partial charge is 0.0792 e. The first-order valence-electron chi connectivity index (χ1n) is 7.02. The summed E-state index contributed by atoms with van der Waals surface area (Å²) in [5, 5.41) is 13.9. The zero-order valence-corrected chi connectivity index (χ0v) is 11.3. The van der Waals surface area contributed by atoms with E-state index in [-0.39, 0.29) is 0 Å². The molecule has 2 atom stereocenters. The second-order valence-electron chi connectivity index (χ2n) is 5.46. The number of aromatic nitrogens is 2. The molecule has 1 aromatic carbocycles. The molecule has 1 N–H and O–H groups in total. The third-order valence-electron chi connectivity index (χ3n) is 4.04. The molecule has 0 bridgehead atoms. The molecule has 1 aromatic heterocycles. The minimum atomic E-state index is -0.438. The number of fused-ring (bicyclic) bond motifs is 1. The zero-order chi connectivity index (χ0) is 13.2. The van der Waals surface area contributed by atoms with Gasteiger partial charge in [0.15, 0.2) is 0 Å². The summed E-state index contributed by atoms with van der Waals surface area (Å²) >= 11 is 0. The van der Waals surface area contributed by atoms with Crippen molar-refractivity contribution in [2.75, 3.05) is 0 Å². The highest BCUT2D eigenvalue weighted by Crippen LogP contribution is 2.32. The van der Waals surface area contributed by atoms with E-state index in [2.05, 4.69) is 29.4 Å². The van der Waals surface area contributed by atoms with Gasteiger partial charge in [0.2, 0.25) is 0 Å². The van der Waals surface area contributed by atoms with E-state index < -0.39 is 6.10 Å². The van der Waals surface area contributed by atoms with E-state index in [1.165, 1.54) is 30.4 Å². The molecule has 1 heterocycles. The van der Waals surface area contributed by atoms with Gasteiger partial charge in [-0.2, -0.15) is 5.10 Å². The second-order valence-corrected chi connectivity index (χ2v) is 5.46. The van der Waals surface area contributed by atoms with Gasteiger partial charge in [-0.3, -0.25) is 4.68 Å². The summed E-state index contributed by atoms with van der Waals surface area (Å²) in [4.78, 5) is 0. The lowest BCUT2D eigenvalue weighted by Gasteiger charge is -2.25. The van der Waals surface area contributed by atoms with Gasteiger partial charge in [0.25, 0.3) is 0 Å². The minimum absolute atomic E-state index is 0.438. The molecule has 0 aliphatic heterocycles. The molecule has 2 aromatic rings. The molecule has 3 nitrogen and oxygen atoms in total. The van der Waals surface area contributed by atoms with Crippen LogP contribution in [0.5, 0.6) is 0 Å². The molecular formula is C16H20N2O. The average molecular weight is 256 g/mol. The lowest BCUT2D eigenvalue weighted by Crippen LogP contribution is -2.15. The summed E-state index contributed by atoms with van der Waals surface area (Å²) in [6, 6.07) is 8.74. The highest BCUT2D eigenvalue weighted by molar-refractivity contribution is 5.32. The van der Waals surface area contributed by atoms with Gasteiger partial charge in [0.1, 0.15) is 0 Å². The molecule has 0 saturated carbocycles. The van der Waals surface area contributed by atoms with Crippen LogP contribution in [0.1, 0.15) is 48.5 Å². The number of rotatable bonds is 3. The topological polar surface area (TPSA) is 38.1 Å². The molecule has 3 rings (SSSR count). The summed E-state index contributed by atoms with van der Waals surface area (Å²) in [5.41, 5.74) is 3.86. The van der Waals surface area contributed by atoms with Crippen molar-refractivity contribution in [2.24, 2.45) is 0 Å². The number of aliphatic hydroxyl groups excluding tert-OH is 1. The Morgan fingerprint density at radius 3 is 3.05 bits per heavy atom. The molecule has 2 unspecified atom stereocenters. The van der Waals surface area contributed by atoms with E-state index in [1.54, 1.807) is 13.1 Å². The average Bonchev–Trinajstić information content (AvgIpc) is 2.88. The third-order valence-corrected chi connectivity index (χ3v) is 4.04. The van der Waals surface area contributed by atoms with E-state index in [0.717, 1.165) is 12.1 Å². The number of hydrogen-bond donors (Lipinski definition) is 1. The highest BCUT2D eigenvalue weighted by Gasteiger charge is 2.20. The lowest BCUT2D eigenvalue weighted by atomic mass is 9.83. The van der Waals surface area contributed by atoms with Crippen LogP contribution in [-0.4, -0.2) is 14.9 Å². The van der Waals surface area contributed by atoms with Gasteiger partial charge in [0, 0.05) is 24.2 Å². The fraction of sp³-hybridized carbons (Fsp3) is 0.438. The Kier molecular flexibility index (Phi) is 3.38. The van der Waals surface area contributed by atoms with Gasteiger partial charge in [-0.1, -0.05) is 24.3 Å². The van der Waals surface area contributed by atoms with Crippen molar-refractivity contribution in [1.82, 2.24) is 9.78 Å². The van der Waals surface area contributed by atoms with E-state index in [0.29, 0.717) is 5.92 Å². The van der Waals surface area contributed by atoms with E-state index >= 15 is 0 Å². The van der Waals surface area contributed by atoms with Crippen LogP contribution in [0.4, 0.5) is 0 Å². The molecule has 3 heteroatoms. The van der Waals surface area contributed by atoms with Crippen LogP contribution in [-0.2, 0) is 13.0 Å². The normalized spacial score (nSPS) is 20.0. The summed E-state index contributed by atoms with van der Waals surface area (Å²) in [6.45, 7) is 2.68. The first-order chi connectivity index (χ1) is 9.24. The summed E-state index contributed by atoms with van der Waals surface area (Å²) in [5.74, 6) is 0.548. The van der Waals surface area contributed by atoms with Crippen LogP contribution in [0.3, 0.4) is 0 Å². The van der Waals surface area contributed by atoms with Crippen LogP contribution in [0.15, 0.2) is 36.7 Å². The SMILES string of the molecule is CC(O)c1cnn(CC2CCCc3ccccc32)c1. The maximum Gasteiger partial charge on any atom is 0.0792 e. The van der Waals surface area contributed by atoms with Crippen molar-refractivity contribution in [3.05, 3.63) is 53.3 Å². The Balaban J connectivity index is 1.80. The van der Waals surface area contributed by atoms with E-state index in [1.807, 2.05) is 10.9 Å². The van der Waals surface area contributed by atoms with Crippen molar-refractivity contribution in [3.63, 3.8) is 0 Å². The van der Waals surface area contributed by atoms with Gasteiger partial charge in [0.05, 0.1) is 12.3 Å². The Hall–Kier alpha value is -1.61. The van der Waals surface area contributed by atoms with Crippen molar-refractivity contribution >= 4 is 0 Å². The Bertz CT molecular complexity index is 559. The first kappa shape index (κ1) is 12.4. The van der Waals surface area contributed by atoms with Crippen molar-refractivity contribution in [3.8, 4) is 0 Å². The quantitative estimate of drug-likeness (QED) is 0.916. The number of hydrogen-bond acceptors (Lipinski definition) is 2. The number of nitrogens with zero attached hydrogens (tertiary/aromatic N) is 2. The first-order valence-corrected chi connectivity index (χ1v) is 7.02. The van der Waals surface area contributed by atoms with Crippen LogP contribution < -0.4 is 0 Å². The predicted molar refractivity (Wildman–Crippen MR) is 75.0 cm³/mol. The van der Waals surface area contributed by atoms with Gasteiger partial charge in [-0.15, -0.1) is 0 Å². The Morgan fingerprint density at radius 1 is 1.42 bits per heavy atom. The van der Waals surface area contributed by atoms with Crippen LogP contribution in [0.2, 0.25) is 0 Å². The third kappa shape index (κ3) is 2.56. The lowest BCUT2D eigenvalue weighted by molar-refractivity contribution is 0.199. The standard InChI is InChI=1S/C16H20N2O/c1-12(19)15-9-17-18(11-15)10-14-7-4-6-13-5-2-3-8-16(13)14/h2-3,5,8-9,11-12,14,19H,4,6-7,10H2,1H3. The monoisotopic (exact) mass is 256 g/mol. The van der Waals surface area contributed by atoms with Crippen LogP contribution in [0, 0.1) is 0 Å². The van der Waals surface area contributed by atoms with Gasteiger partial charge < -0.3 is 5.11 Å². The largest absolute Gasteiger partial charge is 0.389 e. The Morgan fingerprint density at radius 2 is 2.26 bits per heavy atom. The summed E-state index contributed by atoms with van der Waals surface area (Å²) in [7, 11) is 0. The predicted octanol–water partition coefficient (Wildman–Crippen LogP) is 3.06. The highest BCUT2D eigenvalue weighted by atomic mass is 16.3. The molecule has 0 spiro atoms. The van der Waals surface area contributed by atoms with Crippen LogP contribution in [0.25, 0.3) is 0 Å². The van der Waals surface area contributed by atoms with Crippen molar-refractivity contribution in [2.45, 2.75) is 44.8 Å². The molecule has 0 saturated heterocycles. The maximum absolute atomic E-state index is 9.55. The fourth-order valence-corrected chi connectivity index (χ4v) is 2.97. The molecule has 0 fully saturated rings. The van der Waals surface area contributed by atoms with Crippen molar-refractivity contribution < 1.29 is 5.11 Å². The summed E-state index contributed by atoms with van der Waals surface area (Å²) in [6.07, 6.45) is 6.96. The molecule has 100 valence electrons. The summed E-state index contributed by atoms with van der Waals surface area (Å²) < 4.78 is 1.97. The second kappa shape index (κ2) is 5.17. The molecule has 0 amide bonds. The Labute approximate surface area is 113 Å². The van der Waals surface area contributed by atoms with E-state index in [9.17, 15) is 5.11 Å². The van der Waals surface area contributed by atoms with Crippen molar-refractivity contribution in [1.29, 1.82) is 0 Å². The van der Waals surface area contributed by atoms with Gasteiger partial charge in [-0.25, -0.2) is 0 Å². The molecule has 1 aliphatic carbocycles. The number of benzene rings is 1. The van der Waals surface area contributed by atoms with Crippen LogP contribution >= 0.6 is 0 Å².